The summed E-state index contributed by atoms with van der Waals surface area (Å²) in [5.74, 6) is 3.65. The third kappa shape index (κ3) is 8.47. The molecule has 0 aliphatic rings. The van der Waals surface area contributed by atoms with E-state index in [1.807, 2.05) is 11.8 Å². The van der Waals surface area contributed by atoms with Gasteiger partial charge in [0.1, 0.15) is 8.07 Å². The Labute approximate surface area is 191 Å². The Morgan fingerprint density at radius 3 is 1.90 bits per heavy atom. The van der Waals surface area contributed by atoms with Crippen LogP contribution >= 0.6 is 11.8 Å². The van der Waals surface area contributed by atoms with Gasteiger partial charge >= 0.3 is 0 Å². The average molecular weight is 455 g/mol. The molecule has 2 aromatic rings. The molecule has 1 nitrogen and oxygen atoms in total. The van der Waals surface area contributed by atoms with Crippen LogP contribution in [0.5, 0.6) is 0 Å². The van der Waals surface area contributed by atoms with E-state index in [2.05, 4.69) is 126 Å². The third-order valence-electron chi connectivity index (χ3n) is 4.93. The van der Waals surface area contributed by atoms with Crippen LogP contribution in [0.4, 0.5) is 0 Å². The van der Waals surface area contributed by atoms with Crippen LogP contribution in [0.1, 0.15) is 27.2 Å². The van der Waals surface area contributed by atoms with E-state index in [1.54, 1.807) is 0 Å². The van der Waals surface area contributed by atoms with E-state index in [0.717, 1.165) is 6.42 Å². The molecule has 0 radical (unpaired) electrons. The average Bonchev–Trinajstić information content (AvgIpc) is 2.65. The SMILES string of the molecule is CC(C)(C)[C@H](C[C@@H](C#C[Si](C)(C)C)Sc1ccccc1)O[Si](C)(C)c1ccccc1. The molecule has 2 aromatic carbocycles. The van der Waals surface area contributed by atoms with Gasteiger partial charge in [-0.15, -0.1) is 17.3 Å². The molecule has 0 fully saturated rings. The van der Waals surface area contributed by atoms with E-state index in [-0.39, 0.29) is 16.8 Å². The van der Waals surface area contributed by atoms with E-state index < -0.39 is 16.4 Å². The van der Waals surface area contributed by atoms with Gasteiger partial charge in [-0.25, -0.2) is 0 Å². The van der Waals surface area contributed by atoms with E-state index in [0.29, 0.717) is 0 Å². The normalized spacial score (nSPS) is 14.5. The quantitative estimate of drug-likeness (QED) is 0.254. The van der Waals surface area contributed by atoms with Crippen molar-refractivity contribution in [3.63, 3.8) is 0 Å². The number of hydrogen-bond acceptors (Lipinski definition) is 2. The van der Waals surface area contributed by atoms with Crippen LogP contribution in [0, 0.1) is 16.9 Å². The third-order valence-corrected chi connectivity index (χ3v) is 9.56. The van der Waals surface area contributed by atoms with Gasteiger partial charge in [0, 0.05) is 4.90 Å². The lowest BCUT2D eigenvalue weighted by molar-refractivity contribution is 0.0764. The molecule has 0 aliphatic heterocycles. The van der Waals surface area contributed by atoms with Crippen LogP contribution in [-0.2, 0) is 4.43 Å². The summed E-state index contributed by atoms with van der Waals surface area (Å²) in [6, 6.07) is 21.4. The number of hydrogen-bond donors (Lipinski definition) is 0. The molecule has 30 heavy (non-hydrogen) atoms. The van der Waals surface area contributed by atoms with Crippen LogP contribution in [0.15, 0.2) is 65.6 Å². The molecule has 0 unspecified atom stereocenters. The molecule has 0 saturated carbocycles. The zero-order valence-corrected chi connectivity index (χ0v) is 22.8. The predicted octanol–water partition coefficient (Wildman–Crippen LogP) is 6.96. The van der Waals surface area contributed by atoms with Crippen molar-refractivity contribution in [2.75, 3.05) is 0 Å². The van der Waals surface area contributed by atoms with Gasteiger partial charge in [-0.1, -0.05) is 94.9 Å². The van der Waals surface area contributed by atoms with Gasteiger partial charge in [0.15, 0.2) is 0 Å². The molecule has 4 heteroatoms. The molecule has 2 rings (SSSR count). The summed E-state index contributed by atoms with van der Waals surface area (Å²) in [7, 11) is -3.46. The number of thioether (sulfide) groups is 1. The van der Waals surface area contributed by atoms with E-state index >= 15 is 0 Å². The Morgan fingerprint density at radius 1 is 0.867 bits per heavy atom. The van der Waals surface area contributed by atoms with Crippen molar-refractivity contribution in [2.24, 2.45) is 5.41 Å². The molecule has 0 aliphatic carbocycles. The first-order chi connectivity index (χ1) is 13.9. The molecule has 0 N–H and O–H groups in total. The van der Waals surface area contributed by atoms with Gasteiger partial charge < -0.3 is 4.43 Å². The Bertz CT molecular complexity index is 840. The fourth-order valence-corrected chi connectivity index (χ4v) is 7.17. The van der Waals surface area contributed by atoms with Gasteiger partial charge in [-0.05, 0) is 42.2 Å². The van der Waals surface area contributed by atoms with Crippen molar-refractivity contribution >= 4 is 33.3 Å². The molecule has 0 saturated heterocycles. The summed E-state index contributed by atoms with van der Waals surface area (Å²) >= 11 is 1.88. The first kappa shape index (κ1) is 25.0. The predicted molar refractivity (Wildman–Crippen MR) is 140 cm³/mol. The largest absolute Gasteiger partial charge is 0.409 e. The fraction of sp³-hybridized carbons (Fsp3) is 0.462. The van der Waals surface area contributed by atoms with Crippen molar-refractivity contribution in [3.05, 3.63) is 60.7 Å². The molecule has 0 bridgehead atoms. The van der Waals surface area contributed by atoms with Crippen molar-refractivity contribution in [1.29, 1.82) is 0 Å². The molecule has 0 aromatic heterocycles. The second kappa shape index (κ2) is 10.4. The van der Waals surface area contributed by atoms with E-state index in [4.69, 9.17) is 4.43 Å². The summed E-state index contributed by atoms with van der Waals surface area (Å²) in [4.78, 5) is 1.28. The van der Waals surface area contributed by atoms with Crippen LogP contribution in [0.25, 0.3) is 0 Å². The summed E-state index contributed by atoms with van der Waals surface area (Å²) in [5.41, 5.74) is 3.67. The summed E-state index contributed by atoms with van der Waals surface area (Å²) in [5, 5.41) is 1.57. The minimum absolute atomic E-state index is 0.0510. The zero-order valence-electron chi connectivity index (χ0n) is 20.0. The monoisotopic (exact) mass is 454 g/mol. The summed E-state index contributed by atoms with van der Waals surface area (Å²) < 4.78 is 6.96. The van der Waals surface area contributed by atoms with Crippen LogP contribution in [0.3, 0.4) is 0 Å². The Balaban J connectivity index is 2.29. The molecule has 0 heterocycles. The maximum atomic E-state index is 6.96. The van der Waals surface area contributed by atoms with Crippen molar-refractivity contribution in [3.8, 4) is 11.5 Å². The summed E-state index contributed by atoms with van der Waals surface area (Å²) in [6.45, 7) is 18.5. The van der Waals surface area contributed by atoms with Crippen LogP contribution < -0.4 is 5.19 Å². The van der Waals surface area contributed by atoms with Gasteiger partial charge in [0.2, 0.25) is 8.32 Å². The van der Waals surface area contributed by atoms with Crippen LogP contribution in [-0.4, -0.2) is 27.7 Å². The lowest BCUT2D eigenvalue weighted by atomic mass is 9.86. The maximum absolute atomic E-state index is 6.96. The highest BCUT2D eigenvalue weighted by molar-refractivity contribution is 8.00. The van der Waals surface area contributed by atoms with E-state index in [9.17, 15) is 0 Å². The number of rotatable bonds is 7. The fourth-order valence-electron chi connectivity index (χ4n) is 3.13. The molecule has 162 valence electrons. The second-order valence-corrected chi connectivity index (χ2v) is 20.4. The smallest absolute Gasteiger partial charge is 0.218 e. The van der Waals surface area contributed by atoms with Crippen LogP contribution in [0.2, 0.25) is 32.7 Å². The minimum atomic E-state index is -2.02. The van der Waals surface area contributed by atoms with Crippen molar-refractivity contribution < 1.29 is 4.43 Å². The molecule has 0 amide bonds. The van der Waals surface area contributed by atoms with Crippen molar-refractivity contribution in [1.82, 2.24) is 0 Å². The maximum Gasteiger partial charge on any atom is 0.218 e. The highest BCUT2D eigenvalue weighted by atomic mass is 32.2. The lowest BCUT2D eigenvalue weighted by Crippen LogP contribution is -2.50. The Hall–Kier alpha value is -1.26. The van der Waals surface area contributed by atoms with Gasteiger partial charge in [-0.3, -0.25) is 0 Å². The highest BCUT2D eigenvalue weighted by Crippen LogP contribution is 2.34. The second-order valence-electron chi connectivity index (χ2n) is 10.5. The van der Waals surface area contributed by atoms with Gasteiger partial charge in [-0.2, -0.15) is 0 Å². The Kier molecular flexibility index (Phi) is 8.64. The standard InChI is InChI=1S/C26H38OSSi2/c1-26(2,3)25(27-30(7,8)24-17-13-10-14-18-24)21-23(19-20-29(4,5)6)28-22-15-11-9-12-16-22/h9-18,23,25H,21H2,1-8H3/t23-,25+/m1/s1. The number of benzene rings is 2. The first-order valence-corrected chi connectivity index (χ1v) is 18.1. The van der Waals surface area contributed by atoms with Gasteiger partial charge in [0.25, 0.3) is 0 Å². The molecule has 2 atom stereocenters. The highest BCUT2D eigenvalue weighted by Gasteiger charge is 2.36. The first-order valence-electron chi connectivity index (χ1n) is 10.8. The molecular formula is C26H38OSSi2. The Morgan fingerprint density at radius 2 is 1.40 bits per heavy atom. The lowest BCUT2D eigenvalue weighted by Gasteiger charge is -2.38. The van der Waals surface area contributed by atoms with Gasteiger partial charge in [0.05, 0.1) is 11.4 Å². The molecule has 0 spiro atoms. The van der Waals surface area contributed by atoms with E-state index in [1.165, 1.54) is 10.1 Å². The zero-order chi connectivity index (χ0) is 22.4. The van der Waals surface area contributed by atoms with Crippen molar-refractivity contribution in [2.45, 2.75) is 76.2 Å². The topological polar surface area (TPSA) is 9.23 Å². The molecular weight excluding hydrogens is 417 g/mol. The summed E-state index contributed by atoms with van der Waals surface area (Å²) in [6.07, 6.45) is 1.08. The minimum Gasteiger partial charge on any atom is -0.409 e.